The van der Waals surface area contributed by atoms with E-state index >= 15 is 0 Å². The van der Waals surface area contributed by atoms with Crippen molar-refractivity contribution in [3.63, 3.8) is 0 Å². The molecule has 1 saturated heterocycles. The van der Waals surface area contributed by atoms with Crippen LogP contribution in [0.25, 0.3) is 0 Å². The zero-order valence-corrected chi connectivity index (χ0v) is 13.7. The molecule has 1 N–H and O–H groups in total. The van der Waals surface area contributed by atoms with Crippen LogP contribution >= 0.6 is 0 Å². The molecule has 1 fully saturated rings. The van der Waals surface area contributed by atoms with E-state index in [0.717, 1.165) is 24.3 Å². The van der Waals surface area contributed by atoms with Gasteiger partial charge in [-0.3, -0.25) is 4.98 Å². The first kappa shape index (κ1) is 16.2. The van der Waals surface area contributed by atoms with Crippen LogP contribution in [0.2, 0.25) is 0 Å². The van der Waals surface area contributed by atoms with Gasteiger partial charge in [0, 0.05) is 44.3 Å². The van der Waals surface area contributed by atoms with E-state index in [0.29, 0.717) is 13.1 Å². The van der Waals surface area contributed by atoms with Gasteiger partial charge in [0.15, 0.2) is 0 Å². The fraction of sp³-hybridized carbons (Fsp3) is 0.333. The van der Waals surface area contributed by atoms with E-state index in [4.69, 9.17) is 0 Å². The smallest absolute Gasteiger partial charge is 0.317 e. The van der Waals surface area contributed by atoms with Crippen molar-refractivity contribution in [3.05, 3.63) is 60.2 Å². The van der Waals surface area contributed by atoms with Crippen molar-refractivity contribution in [1.29, 1.82) is 0 Å². The van der Waals surface area contributed by atoms with Crippen molar-refractivity contribution < 1.29 is 9.18 Å². The summed E-state index contributed by atoms with van der Waals surface area (Å²) in [6, 6.07) is 9.93. The van der Waals surface area contributed by atoms with E-state index in [1.54, 1.807) is 24.5 Å². The molecule has 0 aliphatic carbocycles. The number of hydrogen-bond acceptors (Lipinski definition) is 3. The third-order valence-corrected chi connectivity index (χ3v) is 4.30. The SMILES string of the molecule is CC(NC(=O)N1CCN(c2ccncc2)CC1)c1ccc(F)cc1. The van der Waals surface area contributed by atoms with Crippen LogP contribution in [0.4, 0.5) is 14.9 Å². The molecule has 2 amide bonds. The minimum absolute atomic E-state index is 0.0822. The van der Waals surface area contributed by atoms with Gasteiger partial charge in [-0.2, -0.15) is 0 Å². The molecule has 1 aromatic heterocycles. The molecule has 24 heavy (non-hydrogen) atoms. The molecule has 0 spiro atoms. The lowest BCUT2D eigenvalue weighted by molar-refractivity contribution is 0.191. The highest BCUT2D eigenvalue weighted by Crippen LogP contribution is 2.16. The molecule has 2 aromatic rings. The standard InChI is InChI=1S/C18H21FN4O/c1-14(15-2-4-16(19)5-3-15)21-18(24)23-12-10-22(11-13-23)17-6-8-20-9-7-17/h2-9,14H,10-13H2,1H3,(H,21,24). The number of pyridine rings is 1. The topological polar surface area (TPSA) is 48.5 Å². The third-order valence-electron chi connectivity index (χ3n) is 4.30. The van der Waals surface area contributed by atoms with Crippen molar-refractivity contribution in [2.45, 2.75) is 13.0 Å². The zero-order valence-electron chi connectivity index (χ0n) is 13.7. The number of piperazine rings is 1. The molecule has 0 bridgehead atoms. The summed E-state index contributed by atoms with van der Waals surface area (Å²) in [6.07, 6.45) is 3.55. The van der Waals surface area contributed by atoms with Crippen LogP contribution in [0, 0.1) is 5.82 Å². The van der Waals surface area contributed by atoms with Crippen LogP contribution in [0.15, 0.2) is 48.8 Å². The predicted octanol–water partition coefficient (Wildman–Crippen LogP) is 2.81. The van der Waals surface area contributed by atoms with Crippen molar-refractivity contribution in [1.82, 2.24) is 15.2 Å². The summed E-state index contributed by atoms with van der Waals surface area (Å²) >= 11 is 0. The van der Waals surface area contributed by atoms with E-state index < -0.39 is 0 Å². The van der Waals surface area contributed by atoms with Crippen LogP contribution in [0.3, 0.4) is 0 Å². The Labute approximate surface area is 141 Å². The Kier molecular flexibility index (Phi) is 4.93. The average molecular weight is 328 g/mol. The van der Waals surface area contributed by atoms with Crippen LogP contribution < -0.4 is 10.2 Å². The molecule has 5 nitrogen and oxygen atoms in total. The molecule has 2 heterocycles. The second kappa shape index (κ2) is 7.29. The average Bonchev–Trinajstić information content (AvgIpc) is 2.63. The molecule has 1 aromatic carbocycles. The van der Waals surface area contributed by atoms with E-state index in [9.17, 15) is 9.18 Å². The lowest BCUT2D eigenvalue weighted by atomic mass is 10.1. The van der Waals surface area contributed by atoms with Gasteiger partial charge in [0.05, 0.1) is 6.04 Å². The monoisotopic (exact) mass is 328 g/mol. The number of rotatable bonds is 3. The summed E-state index contributed by atoms with van der Waals surface area (Å²) in [5.41, 5.74) is 2.02. The Morgan fingerprint density at radius 3 is 2.33 bits per heavy atom. The molecule has 1 aliphatic heterocycles. The number of urea groups is 1. The summed E-state index contributed by atoms with van der Waals surface area (Å²) in [5.74, 6) is -0.274. The van der Waals surface area contributed by atoms with Crippen LogP contribution in [-0.4, -0.2) is 42.1 Å². The minimum atomic E-state index is -0.274. The van der Waals surface area contributed by atoms with Gasteiger partial charge < -0.3 is 15.1 Å². The summed E-state index contributed by atoms with van der Waals surface area (Å²) in [4.78, 5) is 20.5. The number of amides is 2. The first-order chi connectivity index (χ1) is 11.6. The van der Waals surface area contributed by atoms with Gasteiger partial charge in [0.2, 0.25) is 0 Å². The van der Waals surface area contributed by atoms with E-state index in [1.807, 2.05) is 24.0 Å². The maximum Gasteiger partial charge on any atom is 0.317 e. The van der Waals surface area contributed by atoms with Gasteiger partial charge in [-0.1, -0.05) is 12.1 Å². The second-order valence-corrected chi connectivity index (χ2v) is 5.90. The Morgan fingerprint density at radius 1 is 1.08 bits per heavy atom. The zero-order chi connectivity index (χ0) is 16.9. The molecular formula is C18H21FN4O. The number of benzene rings is 1. The van der Waals surface area contributed by atoms with Gasteiger partial charge >= 0.3 is 6.03 Å². The molecule has 1 aliphatic rings. The van der Waals surface area contributed by atoms with E-state index in [1.165, 1.54) is 12.1 Å². The summed E-state index contributed by atoms with van der Waals surface area (Å²) < 4.78 is 13.0. The molecule has 1 atom stereocenters. The maximum absolute atomic E-state index is 13.0. The number of halogens is 1. The van der Waals surface area contributed by atoms with Crippen LogP contribution in [0.5, 0.6) is 0 Å². The fourth-order valence-corrected chi connectivity index (χ4v) is 2.83. The van der Waals surface area contributed by atoms with Gasteiger partial charge in [0.1, 0.15) is 5.82 Å². The number of nitrogens with zero attached hydrogens (tertiary/aromatic N) is 3. The first-order valence-electron chi connectivity index (χ1n) is 8.09. The largest absolute Gasteiger partial charge is 0.368 e. The van der Waals surface area contributed by atoms with Crippen LogP contribution in [-0.2, 0) is 0 Å². The van der Waals surface area contributed by atoms with Crippen LogP contribution in [0.1, 0.15) is 18.5 Å². The Morgan fingerprint density at radius 2 is 1.71 bits per heavy atom. The first-order valence-corrected chi connectivity index (χ1v) is 8.09. The van der Waals surface area contributed by atoms with Crippen molar-refractivity contribution in [3.8, 4) is 0 Å². The highest BCUT2D eigenvalue weighted by Gasteiger charge is 2.22. The summed E-state index contributed by atoms with van der Waals surface area (Å²) in [6.45, 7) is 4.83. The molecular weight excluding hydrogens is 307 g/mol. The quantitative estimate of drug-likeness (QED) is 0.942. The van der Waals surface area contributed by atoms with Gasteiger partial charge in [0.25, 0.3) is 0 Å². The predicted molar refractivity (Wildman–Crippen MR) is 91.4 cm³/mol. The van der Waals surface area contributed by atoms with Gasteiger partial charge in [-0.05, 0) is 36.8 Å². The number of anilines is 1. The number of carbonyl (C=O) groups excluding carboxylic acids is 1. The number of nitrogens with one attached hydrogen (secondary N) is 1. The highest BCUT2D eigenvalue weighted by molar-refractivity contribution is 5.75. The molecule has 1 unspecified atom stereocenters. The third kappa shape index (κ3) is 3.82. The number of hydrogen-bond donors (Lipinski definition) is 1. The lowest BCUT2D eigenvalue weighted by Gasteiger charge is -2.36. The molecule has 126 valence electrons. The molecule has 3 rings (SSSR count). The Hall–Kier alpha value is -2.63. The van der Waals surface area contributed by atoms with Crippen molar-refractivity contribution in [2.24, 2.45) is 0 Å². The van der Waals surface area contributed by atoms with E-state index in [-0.39, 0.29) is 17.9 Å². The highest BCUT2D eigenvalue weighted by atomic mass is 19.1. The lowest BCUT2D eigenvalue weighted by Crippen LogP contribution is -2.52. The Balaban J connectivity index is 1.52. The molecule has 6 heteroatoms. The summed E-state index contributed by atoms with van der Waals surface area (Å²) in [5, 5.41) is 2.98. The summed E-state index contributed by atoms with van der Waals surface area (Å²) in [7, 11) is 0. The minimum Gasteiger partial charge on any atom is -0.368 e. The number of aromatic nitrogens is 1. The molecule has 0 radical (unpaired) electrons. The van der Waals surface area contributed by atoms with Crippen molar-refractivity contribution >= 4 is 11.7 Å². The van der Waals surface area contributed by atoms with Gasteiger partial charge in [-0.15, -0.1) is 0 Å². The maximum atomic E-state index is 13.0. The van der Waals surface area contributed by atoms with E-state index in [2.05, 4.69) is 15.2 Å². The van der Waals surface area contributed by atoms with Gasteiger partial charge in [-0.25, -0.2) is 9.18 Å². The molecule has 0 saturated carbocycles. The second-order valence-electron chi connectivity index (χ2n) is 5.90. The fourth-order valence-electron chi connectivity index (χ4n) is 2.83. The Bertz CT molecular complexity index is 669. The van der Waals surface area contributed by atoms with Crippen molar-refractivity contribution in [2.75, 3.05) is 31.1 Å². The normalized spacial score (nSPS) is 15.9. The number of carbonyl (C=O) groups is 1.